The van der Waals surface area contributed by atoms with E-state index in [0.717, 1.165) is 18.5 Å². The molecule has 1 saturated heterocycles. The number of halogens is 3. The van der Waals surface area contributed by atoms with Gasteiger partial charge in [0.1, 0.15) is 0 Å². The van der Waals surface area contributed by atoms with Gasteiger partial charge in [-0.1, -0.05) is 0 Å². The number of carbonyl (C=O) groups is 1. The number of aromatic amines is 1. The summed E-state index contributed by atoms with van der Waals surface area (Å²) in [7, 11) is 0. The summed E-state index contributed by atoms with van der Waals surface area (Å²) in [5, 5.41) is 14.9. The summed E-state index contributed by atoms with van der Waals surface area (Å²) < 4.78 is 34.9. The highest BCUT2D eigenvalue weighted by Crippen LogP contribution is 2.23. The van der Waals surface area contributed by atoms with Gasteiger partial charge in [-0.3, -0.25) is 14.3 Å². The first-order valence-corrected chi connectivity index (χ1v) is 9.86. The molecular formula is C20H22F3N5O4. The van der Waals surface area contributed by atoms with Gasteiger partial charge in [0.05, 0.1) is 17.4 Å². The second-order valence-electron chi connectivity index (χ2n) is 7.63. The molecule has 4 rings (SSSR count). The zero-order valence-electron chi connectivity index (χ0n) is 17.1. The van der Waals surface area contributed by atoms with Gasteiger partial charge in [0.15, 0.2) is 0 Å². The Morgan fingerprint density at radius 2 is 2.00 bits per heavy atom. The quantitative estimate of drug-likeness (QED) is 0.556. The summed E-state index contributed by atoms with van der Waals surface area (Å²) in [6.45, 7) is 3.30. The maximum Gasteiger partial charge on any atom is 0.490 e. The van der Waals surface area contributed by atoms with Crippen LogP contribution in [0.3, 0.4) is 0 Å². The van der Waals surface area contributed by atoms with Crippen LogP contribution in [0.5, 0.6) is 0 Å². The van der Waals surface area contributed by atoms with Crippen molar-refractivity contribution < 1.29 is 23.1 Å². The molecule has 172 valence electrons. The molecular weight excluding hydrogens is 431 g/mol. The van der Waals surface area contributed by atoms with Gasteiger partial charge in [-0.25, -0.2) is 14.1 Å². The summed E-state index contributed by atoms with van der Waals surface area (Å²) >= 11 is 0. The Labute approximate surface area is 179 Å². The number of fused-ring (bicyclic) bond motifs is 1. The number of H-pyrrole nitrogens is 1. The molecule has 0 bridgehead atoms. The van der Waals surface area contributed by atoms with Gasteiger partial charge in [0.2, 0.25) is 0 Å². The van der Waals surface area contributed by atoms with Crippen molar-refractivity contribution in [1.82, 2.24) is 24.5 Å². The highest BCUT2D eigenvalue weighted by atomic mass is 19.4. The summed E-state index contributed by atoms with van der Waals surface area (Å²) in [5.41, 5.74) is 1.90. The fraction of sp³-hybridized carbons (Fsp3) is 0.400. The van der Waals surface area contributed by atoms with Gasteiger partial charge in [-0.2, -0.15) is 18.3 Å². The lowest BCUT2D eigenvalue weighted by atomic mass is 9.88. The summed E-state index contributed by atoms with van der Waals surface area (Å²) in [6.07, 6.45) is 3.35. The van der Waals surface area contributed by atoms with Crippen molar-refractivity contribution >= 4 is 11.5 Å². The minimum Gasteiger partial charge on any atom is -0.475 e. The first-order valence-electron chi connectivity index (χ1n) is 9.86. The normalized spacial score (nSPS) is 18.8. The first kappa shape index (κ1) is 23.3. The number of aliphatic carboxylic acids is 1. The molecule has 9 nitrogen and oxygen atoms in total. The second kappa shape index (κ2) is 9.39. The van der Waals surface area contributed by atoms with Crippen LogP contribution < -0.4 is 16.6 Å². The number of piperidine rings is 1. The Balaban J connectivity index is 0.000000360. The van der Waals surface area contributed by atoms with Crippen molar-refractivity contribution in [3.8, 4) is 5.69 Å². The van der Waals surface area contributed by atoms with Crippen molar-refractivity contribution in [3.63, 3.8) is 0 Å². The monoisotopic (exact) mass is 453 g/mol. The smallest absolute Gasteiger partial charge is 0.475 e. The predicted octanol–water partition coefficient (Wildman–Crippen LogP) is 1.74. The van der Waals surface area contributed by atoms with Crippen molar-refractivity contribution in [2.24, 2.45) is 5.92 Å². The van der Waals surface area contributed by atoms with E-state index in [9.17, 15) is 22.8 Å². The number of nitrogens with one attached hydrogen (secondary N) is 2. The van der Waals surface area contributed by atoms with E-state index in [1.54, 1.807) is 10.7 Å². The van der Waals surface area contributed by atoms with E-state index in [4.69, 9.17) is 9.90 Å². The molecule has 0 radical (unpaired) electrons. The van der Waals surface area contributed by atoms with Gasteiger partial charge in [-0.05, 0) is 56.3 Å². The fourth-order valence-corrected chi connectivity index (χ4v) is 3.68. The molecule has 3 N–H and O–H groups in total. The van der Waals surface area contributed by atoms with Gasteiger partial charge in [0.25, 0.3) is 5.56 Å². The van der Waals surface area contributed by atoms with Crippen molar-refractivity contribution in [1.29, 1.82) is 0 Å². The van der Waals surface area contributed by atoms with Crippen LogP contribution in [0.2, 0.25) is 0 Å². The number of pyridine rings is 1. The molecule has 2 atom stereocenters. The number of carboxylic acids is 1. The van der Waals surface area contributed by atoms with Crippen molar-refractivity contribution in [2.45, 2.75) is 38.4 Å². The standard InChI is InChI=1S/C18H21N5O2.C2HF3O2/c1-12-8-13(2-5-19-12)9-14-3-7-23-15(10-14)16(11-20-23)22-6-4-17(24)21-18(22)25;3-2(4,5)1(6)7/h3-4,6-7,10-13,19H,2,5,8-9H2,1H3,(H,21,24,25);(H,6,7)/t12-,13+;/m0./s1. The van der Waals surface area contributed by atoms with Gasteiger partial charge in [0, 0.05) is 24.5 Å². The molecule has 0 amide bonds. The number of hydrogen-bond acceptors (Lipinski definition) is 5. The Morgan fingerprint density at radius 1 is 1.28 bits per heavy atom. The Kier molecular flexibility index (Phi) is 6.82. The fourth-order valence-electron chi connectivity index (χ4n) is 3.68. The highest BCUT2D eigenvalue weighted by molar-refractivity contribution is 5.73. The lowest BCUT2D eigenvalue weighted by Gasteiger charge is -2.28. The molecule has 32 heavy (non-hydrogen) atoms. The van der Waals surface area contributed by atoms with Crippen LogP contribution in [0.1, 0.15) is 25.3 Å². The van der Waals surface area contributed by atoms with Crippen LogP contribution >= 0.6 is 0 Å². The lowest BCUT2D eigenvalue weighted by molar-refractivity contribution is -0.192. The first-order chi connectivity index (χ1) is 15.0. The van der Waals surface area contributed by atoms with Crippen LogP contribution in [0, 0.1) is 5.92 Å². The minimum absolute atomic E-state index is 0.404. The van der Waals surface area contributed by atoms with E-state index in [2.05, 4.69) is 34.5 Å². The Hall–Kier alpha value is -3.41. The molecule has 0 saturated carbocycles. The van der Waals surface area contributed by atoms with Crippen LogP contribution in [0.15, 0.2) is 46.4 Å². The van der Waals surface area contributed by atoms with E-state index >= 15 is 0 Å². The van der Waals surface area contributed by atoms with E-state index < -0.39 is 23.4 Å². The second-order valence-corrected chi connectivity index (χ2v) is 7.63. The maximum atomic E-state index is 12.1. The van der Waals surface area contributed by atoms with E-state index in [-0.39, 0.29) is 0 Å². The van der Waals surface area contributed by atoms with E-state index in [1.807, 2.05) is 6.20 Å². The third-order valence-electron chi connectivity index (χ3n) is 5.15. The van der Waals surface area contributed by atoms with Crippen molar-refractivity contribution in [2.75, 3.05) is 6.54 Å². The molecule has 1 fully saturated rings. The molecule has 12 heteroatoms. The summed E-state index contributed by atoms with van der Waals surface area (Å²) in [6, 6.07) is 6.08. The number of carboxylic acid groups (broad SMARTS) is 1. The van der Waals surface area contributed by atoms with E-state index in [1.165, 1.54) is 35.2 Å². The van der Waals surface area contributed by atoms with Crippen molar-refractivity contribution in [3.05, 3.63) is 63.2 Å². The molecule has 0 aliphatic carbocycles. The number of hydrogen-bond donors (Lipinski definition) is 3. The number of alkyl halides is 3. The number of aromatic nitrogens is 4. The van der Waals surface area contributed by atoms with Crippen LogP contribution in [-0.2, 0) is 11.2 Å². The minimum atomic E-state index is -5.08. The largest absolute Gasteiger partial charge is 0.490 e. The molecule has 1 aliphatic rings. The number of nitrogens with zero attached hydrogens (tertiary/aromatic N) is 3. The molecule has 0 spiro atoms. The lowest BCUT2D eigenvalue weighted by Crippen LogP contribution is -2.36. The van der Waals surface area contributed by atoms with E-state index in [0.29, 0.717) is 17.6 Å². The molecule has 3 aromatic rings. The third kappa shape index (κ3) is 5.63. The predicted molar refractivity (Wildman–Crippen MR) is 109 cm³/mol. The Morgan fingerprint density at radius 3 is 2.62 bits per heavy atom. The van der Waals surface area contributed by atoms with Gasteiger partial charge in [-0.15, -0.1) is 0 Å². The summed E-state index contributed by atoms with van der Waals surface area (Å²) in [5.74, 6) is -2.09. The zero-order valence-corrected chi connectivity index (χ0v) is 17.1. The zero-order chi connectivity index (χ0) is 23.5. The Bertz CT molecular complexity index is 1210. The molecule has 0 unspecified atom stereocenters. The van der Waals surface area contributed by atoms with Crippen LogP contribution in [0.25, 0.3) is 11.2 Å². The topological polar surface area (TPSA) is 121 Å². The maximum absolute atomic E-state index is 12.1. The molecule has 1 aliphatic heterocycles. The molecule has 0 aromatic carbocycles. The average Bonchev–Trinajstić information content (AvgIpc) is 3.11. The molecule has 4 heterocycles. The van der Waals surface area contributed by atoms with Gasteiger partial charge < -0.3 is 10.4 Å². The molecule has 3 aromatic heterocycles. The van der Waals surface area contributed by atoms with Crippen LogP contribution in [-0.4, -0.2) is 49.0 Å². The third-order valence-corrected chi connectivity index (χ3v) is 5.15. The van der Waals surface area contributed by atoms with Crippen LogP contribution in [0.4, 0.5) is 13.2 Å². The average molecular weight is 453 g/mol. The number of rotatable bonds is 3. The SMILES string of the molecule is C[C@H]1C[C@H](Cc2ccn3ncc(-n4ccc(=O)[nH]c4=O)c3c2)CCN1.O=C(O)C(F)(F)F. The van der Waals surface area contributed by atoms with Gasteiger partial charge >= 0.3 is 17.8 Å². The summed E-state index contributed by atoms with van der Waals surface area (Å²) in [4.78, 5) is 34.5. The highest BCUT2D eigenvalue weighted by Gasteiger charge is 2.38.